The van der Waals surface area contributed by atoms with Gasteiger partial charge >= 0.3 is 5.97 Å². The Labute approximate surface area is 170 Å². The number of hydrogen-bond donors (Lipinski definition) is 1. The van der Waals surface area contributed by atoms with Crippen LogP contribution in [-0.4, -0.2) is 29.2 Å². The maximum atomic E-state index is 12.6. The van der Waals surface area contributed by atoms with E-state index in [0.29, 0.717) is 5.69 Å². The number of carbonyl (C=O) groups is 2. The minimum absolute atomic E-state index is 0.113. The molecule has 0 spiro atoms. The fourth-order valence-corrected chi connectivity index (χ4v) is 3.08. The van der Waals surface area contributed by atoms with Crippen LogP contribution < -0.4 is 5.32 Å². The van der Waals surface area contributed by atoms with Crippen LogP contribution in [0.3, 0.4) is 0 Å². The SMILES string of the molecule is O=C(COC(=O)c1cccnc1SC(F)F)Nc1ccc(-c2ccccc2)cc1. The zero-order valence-electron chi connectivity index (χ0n) is 15.0. The number of benzene rings is 2. The highest BCUT2D eigenvalue weighted by Crippen LogP contribution is 2.26. The molecule has 3 aromatic rings. The monoisotopic (exact) mass is 414 g/mol. The molecule has 8 heteroatoms. The number of aromatic nitrogens is 1. The van der Waals surface area contributed by atoms with E-state index in [1.165, 1.54) is 18.3 Å². The van der Waals surface area contributed by atoms with E-state index in [1.54, 1.807) is 12.1 Å². The van der Waals surface area contributed by atoms with Gasteiger partial charge in [0.2, 0.25) is 0 Å². The van der Waals surface area contributed by atoms with Crippen molar-refractivity contribution in [1.82, 2.24) is 4.98 Å². The summed E-state index contributed by atoms with van der Waals surface area (Å²) in [7, 11) is 0. The molecule has 1 aromatic heterocycles. The Balaban J connectivity index is 1.56. The van der Waals surface area contributed by atoms with Gasteiger partial charge in [-0.3, -0.25) is 4.79 Å². The zero-order valence-corrected chi connectivity index (χ0v) is 15.9. The molecule has 2 aromatic carbocycles. The molecule has 0 aliphatic carbocycles. The summed E-state index contributed by atoms with van der Waals surface area (Å²) in [4.78, 5) is 27.9. The average Bonchev–Trinajstić information content (AvgIpc) is 2.73. The quantitative estimate of drug-likeness (QED) is 0.442. The number of thioether (sulfide) groups is 1. The van der Waals surface area contributed by atoms with Crippen molar-refractivity contribution >= 4 is 29.3 Å². The third kappa shape index (κ3) is 5.86. The van der Waals surface area contributed by atoms with Gasteiger partial charge in [-0.15, -0.1) is 0 Å². The summed E-state index contributed by atoms with van der Waals surface area (Å²) in [5, 5.41) is 2.47. The number of halogens is 2. The van der Waals surface area contributed by atoms with Gasteiger partial charge in [-0.05, 0) is 47.2 Å². The molecule has 1 N–H and O–H groups in total. The maximum absolute atomic E-state index is 12.6. The van der Waals surface area contributed by atoms with Gasteiger partial charge in [-0.1, -0.05) is 42.5 Å². The second-order valence-corrected chi connectivity index (χ2v) is 6.78. The van der Waals surface area contributed by atoms with E-state index < -0.39 is 24.2 Å². The second-order valence-electron chi connectivity index (χ2n) is 5.80. The van der Waals surface area contributed by atoms with E-state index >= 15 is 0 Å². The largest absolute Gasteiger partial charge is 0.452 e. The van der Waals surface area contributed by atoms with Crippen molar-refractivity contribution in [3.05, 3.63) is 78.5 Å². The first-order valence-electron chi connectivity index (χ1n) is 8.55. The molecule has 0 saturated heterocycles. The van der Waals surface area contributed by atoms with E-state index in [-0.39, 0.29) is 22.4 Å². The van der Waals surface area contributed by atoms with Gasteiger partial charge in [0.15, 0.2) is 6.61 Å². The van der Waals surface area contributed by atoms with Crippen LogP contribution in [0.15, 0.2) is 78.0 Å². The third-order valence-electron chi connectivity index (χ3n) is 3.80. The van der Waals surface area contributed by atoms with Crippen LogP contribution in [-0.2, 0) is 9.53 Å². The number of rotatable bonds is 7. The molecule has 0 saturated carbocycles. The first kappa shape index (κ1) is 20.5. The lowest BCUT2D eigenvalue weighted by Gasteiger charge is -2.09. The topological polar surface area (TPSA) is 68.3 Å². The van der Waals surface area contributed by atoms with Gasteiger partial charge in [0.05, 0.1) is 5.56 Å². The predicted octanol–water partition coefficient (Wildman–Crippen LogP) is 4.86. The molecule has 1 amide bonds. The van der Waals surface area contributed by atoms with Crippen molar-refractivity contribution < 1.29 is 23.1 Å². The Kier molecular flexibility index (Phi) is 6.91. The smallest absolute Gasteiger partial charge is 0.341 e. The van der Waals surface area contributed by atoms with E-state index in [9.17, 15) is 18.4 Å². The first-order chi connectivity index (χ1) is 14.0. The first-order valence-corrected chi connectivity index (χ1v) is 9.43. The fraction of sp³-hybridized carbons (Fsp3) is 0.0952. The highest BCUT2D eigenvalue weighted by atomic mass is 32.2. The minimum Gasteiger partial charge on any atom is -0.452 e. The van der Waals surface area contributed by atoms with E-state index in [4.69, 9.17) is 4.74 Å². The number of hydrogen-bond acceptors (Lipinski definition) is 5. The Morgan fingerprint density at radius 3 is 2.34 bits per heavy atom. The van der Waals surface area contributed by atoms with E-state index in [1.807, 2.05) is 42.5 Å². The lowest BCUT2D eigenvalue weighted by atomic mass is 10.1. The molecular weight excluding hydrogens is 398 g/mol. The molecule has 3 rings (SSSR count). The number of amides is 1. The van der Waals surface area contributed by atoms with Gasteiger partial charge in [-0.25, -0.2) is 9.78 Å². The number of ether oxygens (including phenoxy) is 1. The number of pyridine rings is 1. The molecule has 29 heavy (non-hydrogen) atoms. The molecule has 0 bridgehead atoms. The summed E-state index contributed by atoms with van der Waals surface area (Å²) in [5.41, 5.74) is 2.47. The van der Waals surface area contributed by atoms with Crippen molar-refractivity contribution in [2.75, 3.05) is 11.9 Å². The molecule has 1 heterocycles. The van der Waals surface area contributed by atoms with Crippen LogP contribution in [0.2, 0.25) is 0 Å². The Bertz CT molecular complexity index is 983. The van der Waals surface area contributed by atoms with Crippen LogP contribution in [0, 0.1) is 0 Å². The van der Waals surface area contributed by atoms with Crippen molar-refractivity contribution in [3.8, 4) is 11.1 Å². The van der Waals surface area contributed by atoms with Crippen molar-refractivity contribution in [3.63, 3.8) is 0 Å². The van der Waals surface area contributed by atoms with Gasteiger partial charge < -0.3 is 10.1 Å². The number of nitrogens with one attached hydrogen (secondary N) is 1. The number of nitrogens with zero attached hydrogens (tertiary/aromatic N) is 1. The highest BCUT2D eigenvalue weighted by Gasteiger charge is 2.18. The molecule has 0 unspecified atom stereocenters. The van der Waals surface area contributed by atoms with Crippen molar-refractivity contribution in [2.24, 2.45) is 0 Å². The van der Waals surface area contributed by atoms with E-state index in [0.717, 1.165) is 11.1 Å². The fourth-order valence-electron chi connectivity index (χ4n) is 2.51. The number of esters is 1. The molecule has 5 nitrogen and oxygen atoms in total. The number of anilines is 1. The maximum Gasteiger partial charge on any atom is 0.341 e. The Morgan fingerprint density at radius 2 is 1.66 bits per heavy atom. The summed E-state index contributed by atoms with van der Waals surface area (Å²) in [6.45, 7) is -0.549. The van der Waals surface area contributed by atoms with Gasteiger partial charge in [0.25, 0.3) is 11.7 Å². The van der Waals surface area contributed by atoms with Gasteiger partial charge in [-0.2, -0.15) is 8.78 Å². The molecule has 0 aliphatic rings. The minimum atomic E-state index is -2.72. The molecule has 0 atom stereocenters. The molecular formula is C21H16F2N2O3S. The van der Waals surface area contributed by atoms with Crippen molar-refractivity contribution in [1.29, 1.82) is 0 Å². The summed E-state index contributed by atoms with van der Waals surface area (Å²) >= 11 is 0.144. The summed E-state index contributed by atoms with van der Waals surface area (Å²) in [6.07, 6.45) is 1.30. The molecule has 0 aliphatic heterocycles. The van der Waals surface area contributed by atoms with Crippen LogP contribution in [0.1, 0.15) is 10.4 Å². The summed E-state index contributed by atoms with van der Waals surface area (Å²) in [6, 6.07) is 19.7. The van der Waals surface area contributed by atoms with Crippen LogP contribution in [0.25, 0.3) is 11.1 Å². The number of alkyl halides is 2. The second kappa shape index (κ2) is 9.79. The normalized spacial score (nSPS) is 10.6. The van der Waals surface area contributed by atoms with Crippen LogP contribution >= 0.6 is 11.8 Å². The number of carbonyl (C=O) groups excluding carboxylic acids is 2. The standard InChI is InChI=1S/C21H16F2N2O3S/c22-21(23)29-19-17(7-4-12-24-19)20(27)28-13-18(26)25-16-10-8-15(9-11-16)14-5-2-1-3-6-14/h1-12,21H,13H2,(H,25,26). The average molecular weight is 414 g/mol. The third-order valence-corrected chi connectivity index (χ3v) is 4.53. The van der Waals surface area contributed by atoms with Crippen molar-refractivity contribution in [2.45, 2.75) is 10.8 Å². The predicted molar refractivity (Wildman–Crippen MR) is 107 cm³/mol. The Morgan fingerprint density at radius 1 is 0.966 bits per heavy atom. The summed E-state index contributed by atoms with van der Waals surface area (Å²) < 4.78 is 30.1. The van der Waals surface area contributed by atoms with E-state index in [2.05, 4.69) is 10.3 Å². The van der Waals surface area contributed by atoms with Crippen LogP contribution in [0.5, 0.6) is 0 Å². The lowest BCUT2D eigenvalue weighted by Crippen LogP contribution is -2.21. The molecule has 0 fully saturated rings. The Hall–Kier alpha value is -3.26. The van der Waals surface area contributed by atoms with Gasteiger partial charge in [0.1, 0.15) is 5.03 Å². The molecule has 0 radical (unpaired) electrons. The lowest BCUT2D eigenvalue weighted by molar-refractivity contribution is -0.119. The summed E-state index contributed by atoms with van der Waals surface area (Å²) in [5.74, 6) is -4.16. The van der Waals surface area contributed by atoms with Crippen LogP contribution in [0.4, 0.5) is 14.5 Å². The zero-order chi connectivity index (χ0) is 20.6. The molecule has 148 valence electrons. The highest BCUT2D eigenvalue weighted by molar-refractivity contribution is 7.99. The van der Waals surface area contributed by atoms with Gasteiger partial charge in [0, 0.05) is 11.9 Å².